The third kappa shape index (κ3) is 1.96. The topological polar surface area (TPSA) is 12.0 Å². The minimum atomic E-state index is -0.175. The first-order valence-corrected chi connectivity index (χ1v) is 7.23. The van der Waals surface area contributed by atoms with Gasteiger partial charge in [0.1, 0.15) is 5.82 Å². The lowest BCUT2D eigenvalue weighted by Crippen LogP contribution is -2.21. The van der Waals surface area contributed by atoms with E-state index in [1.54, 1.807) is 12.1 Å². The highest BCUT2D eigenvalue weighted by molar-refractivity contribution is 6.31. The normalized spacial score (nSPS) is 31.8. The van der Waals surface area contributed by atoms with Crippen LogP contribution in [0.1, 0.15) is 37.3 Å². The highest BCUT2D eigenvalue weighted by Crippen LogP contribution is 2.60. The maximum absolute atomic E-state index is 14.0. The first kappa shape index (κ1) is 12.4. The fourth-order valence-corrected chi connectivity index (χ4v) is 4.16. The molecule has 98 valence electrons. The highest BCUT2D eigenvalue weighted by atomic mass is 35.5. The van der Waals surface area contributed by atoms with Crippen LogP contribution in [-0.2, 0) is 0 Å². The Morgan fingerprint density at radius 1 is 1.28 bits per heavy atom. The molecule has 0 radical (unpaired) electrons. The van der Waals surface area contributed by atoms with E-state index in [-0.39, 0.29) is 11.9 Å². The lowest BCUT2D eigenvalue weighted by Gasteiger charge is -2.19. The van der Waals surface area contributed by atoms with Crippen molar-refractivity contribution in [2.75, 3.05) is 7.05 Å². The Balaban J connectivity index is 1.89. The molecular weight excluding hydrogens is 249 g/mol. The first-order valence-electron chi connectivity index (χ1n) is 6.85. The summed E-state index contributed by atoms with van der Waals surface area (Å²) < 4.78 is 14.0. The fraction of sp³-hybridized carbons (Fsp3) is 0.600. The van der Waals surface area contributed by atoms with Gasteiger partial charge in [-0.1, -0.05) is 30.5 Å². The molecule has 2 fully saturated rings. The van der Waals surface area contributed by atoms with Gasteiger partial charge < -0.3 is 5.32 Å². The molecule has 18 heavy (non-hydrogen) atoms. The van der Waals surface area contributed by atoms with Gasteiger partial charge in [-0.15, -0.1) is 0 Å². The van der Waals surface area contributed by atoms with Gasteiger partial charge in [-0.3, -0.25) is 0 Å². The molecule has 0 spiro atoms. The quantitative estimate of drug-likeness (QED) is 0.866. The van der Waals surface area contributed by atoms with Crippen LogP contribution in [0.5, 0.6) is 0 Å². The Morgan fingerprint density at radius 2 is 1.94 bits per heavy atom. The maximum Gasteiger partial charge on any atom is 0.129 e. The molecule has 1 nitrogen and oxygen atoms in total. The van der Waals surface area contributed by atoms with Gasteiger partial charge >= 0.3 is 0 Å². The number of nitrogens with one attached hydrogen (secondary N) is 1. The average molecular weight is 268 g/mol. The molecule has 1 aromatic rings. The molecule has 0 bridgehead atoms. The van der Waals surface area contributed by atoms with E-state index >= 15 is 0 Å². The lowest BCUT2D eigenvalue weighted by molar-refractivity contribution is 0.458. The van der Waals surface area contributed by atoms with Crippen LogP contribution >= 0.6 is 11.6 Å². The number of hydrogen-bond donors (Lipinski definition) is 1. The summed E-state index contributed by atoms with van der Waals surface area (Å²) in [6.45, 7) is 0. The molecule has 3 unspecified atom stereocenters. The molecule has 2 aliphatic carbocycles. The zero-order chi connectivity index (χ0) is 12.7. The van der Waals surface area contributed by atoms with E-state index in [0.717, 1.165) is 11.8 Å². The Morgan fingerprint density at radius 3 is 2.50 bits per heavy atom. The van der Waals surface area contributed by atoms with Crippen molar-refractivity contribution in [2.45, 2.75) is 31.7 Å². The minimum absolute atomic E-state index is 0.0757. The van der Waals surface area contributed by atoms with Crippen molar-refractivity contribution in [3.63, 3.8) is 0 Å². The van der Waals surface area contributed by atoms with Crippen LogP contribution in [0, 0.1) is 23.6 Å². The Kier molecular flexibility index (Phi) is 3.33. The number of rotatable bonds is 3. The lowest BCUT2D eigenvalue weighted by atomic mass is 9.99. The van der Waals surface area contributed by atoms with E-state index in [9.17, 15) is 4.39 Å². The van der Waals surface area contributed by atoms with Gasteiger partial charge in [0.2, 0.25) is 0 Å². The van der Waals surface area contributed by atoms with Crippen LogP contribution in [0.2, 0.25) is 5.02 Å². The van der Waals surface area contributed by atoms with Crippen molar-refractivity contribution in [1.82, 2.24) is 5.32 Å². The van der Waals surface area contributed by atoms with Gasteiger partial charge in [0.25, 0.3) is 0 Å². The summed E-state index contributed by atoms with van der Waals surface area (Å²) in [5.41, 5.74) is 0.668. The largest absolute Gasteiger partial charge is 0.313 e. The Bertz CT molecular complexity index is 416. The second-order valence-corrected chi connectivity index (χ2v) is 6.00. The monoisotopic (exact) mass is 267 g/mol. The molecule has 0 amide bonds. The van der Waals surface area contributed by atoms with Crippen LogP contribution in [0.4, 0.5) is 4.39 Å². The Labute approximate surface area is 113 Å². The van der Waals surface area contributed by atoms with Gasteiger partial charge in [0.05, 0.1) is 0 Å². The van der Waals surface area contributed by atoms with Crippen molar-refractivity contribution in [3.8, 4) is 0 Å². The second-order valence-electron chi connectivity index (χ2n) is 5.59. The summed E-state index contributed by atoms with van der Waals surface area (Å²) in [5, 5.41) is 3.85. The van der Waals surface area contributed by atoms with E-state index < -0.39 is 0 Å². The van der Waals surface area contributed by atoms with Crippen molar-refractivity contribution in [2.24, 2.45) is 17.8 Å². The van der Waals surface area contributed by atoms with Crippen LogP contribution in [0.25, 0.3) is 0 Å². The molecule has 0 saturated heterocycles. The van der Waals surface area contributed by atoms with Crippen molar-refractivity contribution >= 4 is 11.6 Å². The van der Waals surface area contributed by atoms with Gasteiger partial charge in [-0.25, -0.2) is 4.39 Å². The SMILES string of the molecule is CNC(c1c(F)cccc1Cl)C1C2CCCCC21. The molecule has 0 aromatic heterocycles. The molecular formula is C15H19ClFN. The number of benzene rings is 1. The van der Waals surface area contributed by atoms with Gasteiger partial charge in [-0.2, -0.15) is 0 Å². The van der Waals surface area contributed by atoms with Crippen molar-refractivity contribution < 1.29 is 4.39 Å². The second kappa shape index (κ2) is 4.82. The molecule has 2 aliphatic rings. The fourth-order valence-electron chi connectivity index (χ4n) is 3.88. The molecule has 2 saturated carbocycles. The first-order chi connectivity index (χ1) is 8.74. The summed E-state index contributed by atoms with van der Waals surface area (Å²) in [6, 6.07) is 5.05. The van der Waals surface area contributed by atoms with E-state index in [1.807, 2.05) is 7.05 Å². The zero-order valence-corrected chi connectivity index (χ0v) is 11.4. The van der Waals surface area contributed by atoms with E-state index in [0.29, 0.717) is 16.5 Å². The van der Waals surface area contributed by atoms with E-state index in [4.69, 9.17) is 11.6 Å². The standard InChI is InChI=1S/C15H19ClFN/c1-18-15(13-9-5-2-3-6-10(9)13)14-11(16)7-4-8-12(14)17/h4,7-10,13,15,18H,2-3,5-6H2,1H3. The average Bonchev–Trinajstić information content (AvgIpc) is 3.08. The molecule has 1 N–H and O–H groups in total. The minimum Gasteiger partial charge on any atom is -0.313 e. The molecule has 0 aliphatic heterocycles. The zero-order valence-electron chi connectivity index (χ0n) is 10.6. The smallest absolute Gasteiger partial charge is 0.129 e. The van der Waals surface area contributed by atoms with Crippen LogP contribution in [0.3, 0.4) is 0 Å². The predicted octanol–water partition coefficient (Wildman–Crippen LogP) is 4.18. The highest BCUT2D eigenvalue weighted by Gasteiger charge is 2.54. The van der Waals surface area contributed by atoms with Crippen LogP contribution in [-0.4, -0.2) is 7.05 Å². The van der Waals surface area contributed by atoms with Gasteiger partial charge in [0.15, 0.2) is 0 Å². The van der Waals surface area contributed by atoms with E-state index in [1.165, 1.54) is 31.7 Å². The van der Waals surface area contributed by atoms with Crippen LogP contribution in [0.15, 0.2) is 18.2 Å². The third-order valence-electron chi connectivity index (χ3n) is 4.73. The third-order valence-corrected chi connectivity index (χ3v) is 5.06. The summed E-state index contributed by atoms with van der Waals surface area (Å²) >= 11 is 6.19. The van der Waals surface area contributed by atoms with Crippen molar-refractivity contribution in [1.29, 1.82) is 0 Å². The summed E-state index contributed by atoms with van der Waals surface area (Å²) in [7, 11) is 1.91. The predicted molar refractivity (Wildman–Crippen MR) is 72.1 cm³/mol. The number of hydrogen-bond acceptors (Lipinski definition) is 1. The Hall–Kier alpha value is -0.600. The number of halogens is 2. The summed E-state index contributed by atoms with van der Waals surface area (Å²) in [6.07, 6.45) is 5.28. The molecule has 3 rings (SSSR count). The molecule has 1 aromatic carbocycles. The van der Waals surface area contributed by atoms with Crippen LogP contribution < -0.4 is 5.32 Å². The maximum atomic E-state index is 14.0. The molecule has 3 heteroatoms. The molecule has 3 atom stereocenters. The van der Waals surface area contributed by atoms with Gasteiger partial charge in [0, 0.05) is 16.6 Å². The van der Waals surface area contributed by atoms with Crippen molar-refractivity contribution in [3.05, 3.63) is 34.6 Å². The van der Waals surface area contributed by atoms with E-state index in [2.05, 4.69) is 5.32 Å². The molecule has 0 heterocycles. The summed E-state index contributed by atoms with van der Waals surface area (Å²) in [4.78, 5) is 0. The summed E-state index contributed by atoms with van der Waals surface area (Å²) in [5.74, 6) is 1.97. The van der Waals surface area contributed by atoms with Gasteiger partial charge in [-0.05, 0) is 49.8 Å². The number of fused-ring (bicyclic) bond motifs is 1.